The zero-order valence-corrected chi connectivity index (χ0v) is 26.3. The number of nitrogens with one attached hydrogen (secondary N) is 4. The molecule has 6 atom stereocenters. The van der Waals surface area contributed by atoms with Crippen LogP contribution in [0.3, 0.4) is 0 Å². The fraction of sp³-hybridized carbons (Fsp3) is 0.485. The number of fused-ring (bicyclic) bond motifs is 1. The van der Waals surface area contributed by atoms with Gasteiger partial charge in [0, 0.05) is 35.1 Å². The SMILES string of the molecule is CC[C@H](C)[C@H](NC(C)[C@H](Cc1ccccc1)NC(=O)[C@H](CCSC)NC(=O)[C@@H](C)Cc1c[nH]c2ccccc12)C(N)=O. The number of primary amides is 1. The molecule has 0 radical (unpaired) electrons. The van der Waals surface area contributed by atoms with Crippen LogP contribution in [0.5, 0.6) is 0 Å². The average Bonchev–Trinajstić information content (AvgIpc) is 3.39. The molecular weight excluding hydrogens is 546 g/mol. The molecule has 6 N–H and O–H groups in total. The summed E-state index contributed by atoms with van der Waals surface area (Å²) in [6.07, 6.45) is 6.37. The van der Waals surface area contributed by atoms with Crippen molar-refractivity contribution in [1.29, 1.82) is 0 Å². The molecule has 1 heterocycles. The first kappa shape index (κ1) is 33.2. The van der Waals surface area contributed by atoms with Gasteiger partial charge in [0.2, 0.25) is 17.7 Å². The third-order valence-electron chi connectivity index (χ3n) is 8.08. The van der Waals surface area contributed by atoms with E-state index in [2.05, 4.69) is 20.9 Å². The van der Waals surface area contributed by atoms with Crippen LogP contribution in [0.1, 0.15) is 51.7 Å². The van der Waals surface area contributed by atoms with E-state index in [1.165, 1.54) is 0 Å². The largest absolute Gasteiger partial charge is 0.368 e. The summed E-state index contributed by atoms with van der Waals surface area (Å²) < 4.78 is 0. The first-order chi connectivity index (χ1) is 20.1. The van der Waals surface area contributed by atoms with E-state index in [9.17, 15) is 14.4 Å². The zero-order chi connectivity index (χ0) is 30.6. The molecule has 0 bridgehead atoms. The highest BCUT2D eigenvalue weighted by atomic mass is 32.2. The summed E-state index contributed by atoms with van der Waals surface area (Å²) in [6, 6.07) is 16.2. The van der Waals surface area contributed by atoms with Gasteiger partial charge in [-0.1, -0.05) is 75.7 Å². The van der Waals surface area contributed by atoms with Gasteiger partial charge in [0.05, 0.1) is 6.04 Å². The predicted octanol–water partition coefficient (Wildman–Crippen LogP) is 4.19. The van der Waals surface area contributed by atoms with Gasteiger partial charge in [0.25, 0.3) is 0 Å². The lowest BCUT2D eigenvalue weighted by molar-refractivity contribution is -0.131. The Hall–Kier alpha value is -3.30. The van der Waals surface area contributed by atoms with Crippen LogP contribution in [0.2, 0.25) is 0 Å². The molecule has 0 fully saturated rings. The summed E-state index contributed by atoms with van der Waals surface area (Å²) in [5, 5.41) is 10.7. The zero-order valence-electron chi connectivity index (χ0n) is 25.5. The highest BCUT2D eigenvalue weighted by Gasteiger charge is 2.30. The van der Waals surface area contributed by atoms with Crippen LogP contribution < -0.4 is 21.7 Å². The van der Waals surface area contributed by atoms with Crippen LogP contribution in [0, 0.1) is 11.8 Å². The Kier molecular flexibility index (Phi) is 12.9. The molecule has 0 aliphatic carbocycles. The maximum Gasteiger partial charge on any atom is 0.242 e. The van der Waals surface area contributed by atoms with Crippen molar-refractivity contribution in [2.24, 2.45) is 17.6 Å². The second-order valence-corrected chi connectivity index (χ2v) is 12.3. The summed E-state index contributed by atoms with van der Waals surface area (Å²) >= 11 is 1.63. The van der Waals surface area contributed by atoms with Crippen LogP contribution in [-0.4, -0.2) is 58.9 Å². The molecule has 1 aromatic heterocycles. The van der Waals surface area contributed by atoms with Crippen LogP contribution >= 0.6 is 11.8 Å². The third kappa shape index (κ3) is 9.36. The number of carbonyl (C=O) groups excluding carboxylic acids is 3. The smallest absolute Gasteiger partial charge is 0.242 e. The van der Waals surface area contributed by atoms with Gasteiger partial charge in [-0.05, 0) is 61.3 Å². The van der Waals surface area contributed by atoms with E-state index in [0.717, 1.165) is 34.2 Å². The van der Waals surface area contributed by atoms with Crippen molar-refractivity contribution in [2.45, 2.75) is 77.5 Å². The summed E-state index contributed by atoms with van der Waals surface area (Å²) in [5.74, 6) is -0.338. The van der Waals surface area contributed by atoms with Gasteiger partial charge in [0.1, 0.15) is 6.04 Å². The minimum absolute atomic E-state index is 0.0466. The minimum atomic E-state index is -0.678. The Morgan fingerprint density at radius 3 is 2.29 bits per heavy atom. The predicted molar refractivity (Wildman–Crippen MR) is 173 cm³/mol. The summed E-state index contributed by atoms with van der Waals surface area (Å²) in [4.78, 5) is 42.6. The van der Waals surface area contributed by atoms with Crippen molar-refractivity contribution < 1.29 is 14.4 Å². The Balaban J connectivity index is 1.75. The number of nitrogens with two attached hydrogens (primary N) is 1. The molecule has 3 aromatic rings. The lowest BCUT2D eigenvalue weighted by atomic mass is 9.94. The fourth-order valence-electron chi connectivity index (χ4n) is 5.21. The number of carbonyl (C=O) groups is 3. The molecular formula is C33H47N5O3S. The van der Waals surface area contributed by atoms with Crippen molar-refractivity contribution >= 4 is 40.4 Å². The van der Waals surface area contributed by atoms with Crippen LogP contribution in [0.25, 0.3) is 10.9 Å². The molecule has 1 unspecified atom stereocenters. The molecule has 2 aromatic carbocycles. The fourth-order valence-corrected chi connectivity index (χ4v) is 5.68. The molecule has 3 rings (SSSR count). The second-order valence-electron chi connectivity index (χ2n) is 11.3. The highest BCUT2D eigenvalue weighted by molar-refractivity contribution is 7.98. The minimum Gasteiger partial charge on any atom is -0.368 e. The van der Waals surface area contributed by atoms with Gasteiger partial charge in [-0.15, -0.1) is 0 Å². The summed E-state index contributed by atoms with van der Waals surface area (Å²) in [6.45, 7) is 7.87. The van der Waals surface area contributed by atoms with E-state index in [-0.39, 0.29) is 35.7 Å². The van der Waals surface area contributed by atoms with Crippen molar-refractivity contribution in [3.8, 4) is 0 Å². The number of aromatic amines is 1. The van der Waals surface area contributed by atoms with Gasteiger partial charge in [-0.3, -0.25) is 14.4 Å². The Bertz CT molecular complexity index is 1300. The molecule has 0 saturated carbocycles. The molecule has 42 heavy (non-hydrogen) atoms. The van der Waals surface area contributed by atoms with Gasteiger partial charge >= 0.3 is 0 Å². The third-order valence-corrected chi connectivity index (χ3v) is 8.73. The number of hydrogen-bond acceptors (Lipinski definition) is 5. The van der Waals surface area contributed by atoms with E-state index in [4.69, 9.17) is 5.73 Å². The van der Waals surface area contributed by atoms with Crippen molar-refractivity contribution in [1.82, 2.24) is 20.9 Å². The first-order valence-corrected chi connectivity index (χ1v) is 16.3. The number of aromatic nitrogens is 1. The molecule has 9 heteroatoms. The summed E-state index contributed by atoms with van der Waals surface area (Å²) in [5.41, 5.74) is 8.92. The number of H-pyrrole nitrogens is 1. The molecule has 0 spiro atoms. The molecule has 8 nitrogen and oxygen atoms in total. The quantitative estimate of drug-likeness (QED) is 0.160. The number of para-hydroxylation sites is 1. The van der Waals surface area contributed by atoms with Crippen LogP contribution in [0.4, 0.5) is 0 Å². The standard InChI is InChI=1S/C33H47N5O3S/c1-6-21(2)30(31(34)39)36-23(4)29(19-24-12-8-7-9-13-24)38-33(41)28(16-17-42-5)37-32(40)22(3)18-25-20-35-27-15-11-10-14-26(25)27/h7-15,20-23,28-30,35-36H,6,16-19H2,1-5H3,(H2,34,39)(H,37,40)(H,38,41)/t21-,22-,23?,28-,29-,30-/m0/s1. The summed E-state index contributed by atoms with van der Waals surface area (Å²) in [7, 11) is 0. The Labute approximate surface area is 254 Å². The van der Waals surface area contributed by atoms with Gasteiger partial charge in [-0.2, -0.15) is 11.8 Å². The number of hydrogen-bond donors (Lipinski definition) is 5. The molecule has 3 amide bonds. The average molecular weight is 594 g/mol. The van der Waals surface area contributed by atoms with Gasteiger partial charge in [-0.25, -0.2) is 0 Å². The highest BCUT2D eigenvalue weighted by Crippen LogP contribution is 2.21. The number of thioether (sulfide) groups is 1. The number of amides is 3. The van der Waals surface area contributed by atoms with E-state index < -0.39 is 18.0 Å². The molecule has 0 aliphatic heterocycles. The Morgan fingerprint density at radius 1 is 0.929 bits per heavy atom. The lowest BCUT2D eigenvalue weighted by Crippen LogP contribution is -2.59. The van der Waals surface area contributed by atoms with E-state index in [1.54, 1.807) is 11.8 Å². The maximum absolute atomic E-state index is 13.8. The number of rotatable bonds is 17. The number of benzene rings is 2. The van der Waals surface area contributed by atoms with Crippen LogP contribution in [0.15, 0.2) is 60.8 Å². The topological polar surface area (TPSA) is 129 Å². The maximum atomic E-state index is 13.8. The van der Waals surface area contributed by atoms with Crippen molar-refractivity contribution in [3.63, 3.8) is 0 Å². The van der Waals surface area contributed by atoms with Crippen molar-refractivity contribution in [3.05, 3.63) is 71.9 Å². The van der Waals surface area contributed by atoms with E-state index in [1.807, 2.05) is 94.7 Å². The van der Waals surface area contributed by atoms with Gasteiger partial charge in [0.15, 0.2) is 0 Å². The first-order valence-electron chi connectivity index (χ1n) is 14.9. The monoisotopic (exact) mass is 593 g/mol. The van der Waals surface area contributed by atoms with Crippen molar-refractivity contribution in [2.75, 3.05) is 12.0 Å². The van der Waals surface area contributed by atoms with E-state index in [0.29, 0.717) is 19.3 Å². The molecule has 228 valence electrons. The lowest BCUT2D eigenvalue weighted by Gasteiger charge is -2.32. The van der Waals surface area contributed by atoms with E-state index >= 15 is 0 Å². The molecule has 0 aliphatic rings. The van der Waals surface area contributed by atoms with Gasteiger partial charge < -0.3 is 26.7 Å². The van der Waals surface area contributed by atoms with Crippen LogP contribution in [-0.2, 0) is 27.2 Å². The molecule has 0 saturated heterocycles. The second kappa shape index (κ2) is 16.4. The Morgan fingerprint density at radius 2 is 1.62 bits per heavy atom. The normalized spacial score (nSPS) is 15.7.